The normalized spacial score (nSPS) is 20.0. The predicted octanol–water partition coefficient (Wildman–Crippen LogP) is 1.99. The van der Waals surface area contributed by atoms with Crippen molar-refractivity contribution in [3.8, 4) is 0 Å². The molecule has 10 heteroatoms. The van der Waals surface area contributed by atoms with Gasteiger partial charge in [-0.2, -0.15) is 4.31 Å². The molecule has 1 atom stereocenters. The number of carbonyl (C=O) groups excluding carboxylic acids is 2. The number of likely N-dealkylation sites (tertiary alicyclic amines) is 1. The lowest BCUT2D eigenvalue weighted by Gasteiger charge is -2.30. The van der Waals surface area contributed by atoms with Crippen LogP contribution in [0.2, 0.25) is 0 Å². The van der Waals surface area contributed by atoms with Gasteiger partial charge in [0, 0.05) is 38.6 Å². The van der Waals surface area contributed by atoms with Crippen LogP contribution in [-0.2, 0) is 14.8 Å². The molecule has 0 bridgehead atoms. The van der Waals surface area contributed by atoms with Gasteiger partial charge in [0.1, 0.15) is 16.4 Å². The number of nitrogens with one attached hydrogen (secondary N) is 2. The third-order valence-corrected chi connectivity index (χ3v) is 7.68. The molecule has 9 nitrogen and oxygen atoms in total. The van der Waals surface area contributed by atoms with Gasteiger partial charge in [-0.15, -0.1) is 0 Å². The summed E-state index contributed by atoms with van der Waals surface area (Å²) < 4.78 is 27.6. The highest BCUT2D eigenvalue weighted by Gasteiger charge is 2.34. The Morgan fingerprint density at radius 2 is 1.94 bits per heavy atom. The van der Waals surface area contributed by atoms with Gasteiger partial charge in [0.25, 0.3) is 5.91 Å². The van der Waals surface area contributed by atoms with Crippen molar-refractivity contribution >= 4 is 27.7 Å². The van der Waals surface area contributed by atoms with Crippen LogP contribution in [0.15, 0.2) is 35.5 Å². The molecule has 4 rings (SSSR count). The summed E-state index contributed by atoms with van der Waals surface area (Å²) in [5.74, 6) is -0.432. The molecule has 2 amide bonds. The molecule has 0 aliphatic carbocycles. The number of rotatable bonds is 5. The molecular weight excluding hydrogens is 418 g/mol. The summed E-state index contributed by atoms with van der Waals surface area (Å²) >= 11 is 0. The van der Waals surface area contributed by atoms with Crippen LogP contribution >= 0.6 is 0 Å². The molecule has 0 unspecified atom stereocenters. The van der Waals surface area contributed by atoms with E-state index in [1.54, 1.807) is 17.2 Å². The molecule has 31 heavy (non-hydrogen) atoms. The average molecular weight is 446 g/mol. The van der Waals surface area contributed by atoms with Gasteiger partial charge in [-0.3, -0.25) is 9.59 Å². The van der Waals surface area contributed by atoms with E-state index < -0.39 is 15.9 Å². The quantitative estimate of drug-likeness (QED) is 0.730. The predicted molar refractivity (Wildman–Crippen MR) is 115 cm³/mol. The van der Waals surface area contributed by atoms with E-state index in [1.807, 2.05) is 13.0 Å². The molecule has 2 aliphatic rings. The Morgan fingerprint density at radius 3 is 2.65 bits per heavy atom. The van der Waals surface area contributed by atoms with E-state index in [1.165, 1.54) is 16.6 Å². The van der Waals surface area contributed by atoms with Crippen LogP contribution < -0.4 is 5.32 Å². The fraction of sp³-hybridized carbons (Fsp3) is 0.476. The minimum atomic E-state index is -3.81. The van der Waals surface area contributed by atoms with E-state index in [-0.39, 0.29) is 28.9 Å². The first kappa shape index (κ1) is 21.5. The van der Waals surface area contributed by atoms with Crippen molar-refractivity contribution in [3.05, 3.63) is 41.9 Å². The topological polar surface area (TPSA) is 115 Å². The zero-order valence-electron chi connectivity index (χ0n) is 17.5. The number of hydrogen-bond donors (Lipinski definition) is 2. The molecule has 2 saturated heterocycles. The van der Waals surface area contributed by atoms with Gasteiger partial charge in [0.2, 0.25) is 15.9 Å². The molecule has 0 radical (unpaired) electrons. The summed E-state index contributed by atoms with van der Waals surface area (Å²) in [6.07, 6.45) is 6.15. The van der Waals surface area contributed by atoms with Gasteiger partial charge in [0.15, 0.2) is 0 Å². The monoisotopic (exact) mass is 445 g/mol. The fourth-order valence-corrected chi connectivity index (χ4v) is 5.55. The summed E-state index contributed by atoms with van der Waals surface area (Å²) in [5, 5.41) is 2.77. The summed E-state index contributed by atoms with van der Waals surface area (Å²) in [6.45, 7) is 3.74. The van der Waals surface area contributed by atoms with Crippen molar-refractivity contribution in [1.82, 2.24) is 19.2 Å². The molecule has 0 spiro atoms. The SMILES string of the molecule is Cc1ccc(NC(=O)[C@H]2CCCN(S(=O)(=O)c3c[nH]c(C(=O)N4CCCC4)c3)C2)nc1. The number of pyridine rings is 1. The highest BCUT2D eigenvalue weighted by atomic mass is 32.2. The molecule has 166 valence electrons. The second kappa shape index (κ2) is 8.80. The Labute approximate surface area is 181 Å². The van der Waals surface area contributed by atoms with Gasteiger partial charge >= 0.3 is 0 Å². The summed E-state index contributed by atoms with van der Waals surface area (Å²) in [5.41, 5.74) is 1.26. The molecular formula is C21H27N5O4S. The fourth-order valence-electron chi connectivity index (χ4n) is 4.03. The number of H-pyrrole nitrogens is 1. The molecule has 0 saturated carbocycles. The lowest BCUT2D eigenvalue weighted by molar-refractivity contribution is -0.120. The first-order valence-electron chi connectivity index (χ1n) is 10.6. The van der Waals surface area contributed by atoms with Crippen molar-refractivity contribution in [1.29, 1.82) is 0 Å². The Kier molecular flexibility index (Phi) is 6.10. The minimum absolute atomic E-state index is 0.0521. The van der Waals surface area contributed by atoms with Crippen LogP contribution in [0.3, 0.4) is 0 Å². The van der Waals surface area contributed by atoms with Crippen LogP contribution in [0.4, 0.5) is 5.82 Å². The van der Waals surface area contributed by atoms with Crippen LogP contribution in [0, 0.1) is 12.8 Å². The first-order chi connectivity index (χ1) is 14.8. The zero-order valence-corrected chi connectivity index (χ0v) is 18.3. The van der Waals surface area contributed by atoms with Gasteiger partial charge in [0.05, 0.1) is 5.92 Å². The molecule has 2 aliphatic heterocycles. The van der Waals surface area contributed by atoms with E-state index >= 15 is 0 Å². The van der Waals surface area contributed by atoms with E-state index in [2.05, 4.69) is 15.3 Å². The number of aryl methyl sites for hydroxylation is 1. The number of piperidine rings is 1. The largest absolute Gasteiger partial charge is 0.356 e. The van der Waals surface area contributed by atoms with Crippen molar-refractivity contribution in [2.24, 2.45) is 5.92 Å². The number of anilines is 1. The highest BCUT2D eigenvalue weighted by Crippen LogP contribution is 2.25. The second-order valence-electron chi connectivity index (χ2n) is 8.16. The zero-order chi connectivity index (χ0) is 22.0. The van der Waals surface area contributed by atoms with Gasteiger partial charge in [-0.25, -0.2) is 13.4 Å². The second-order valence-corrected chi connectivity index (χ2v) is 10.1. The van der Waals surface area contributed by atoms with Crippen molar-refractivity contribution < 1.29 is 18.0 Å². The Morgan fingerprint density at radius 1 is 1.16 bits per heavy atom. The first-order valence-corrected chi connectivity index (χ1v) is 12.0. The van der Waals surface area contributed by atoms with Crippen LogP contribution in [0.1, 0.15) is 41.7 Å². The minimum Gasteiger partial charge on any atom is -0.356 e. The molecule has 2 aromatic heterocycles. The average Bonchev–Trinajstić information content (AvgIpc) is 3.48. The molecule has 2 fully saturated rings. The third kappa shape index (κ3) is 4.64. The van der Waals surface area contributed by atoms with E-state index in [0.717, 1.165) is 18.4 Å². The standard InChI is InChI=1S/C21H27N5O4S/c1-15-6-7-19(23-12-15)24-20(27)16-5-4-10-26(14-16)31(29,30)17-11-18(22-13-17)21(28)25-8-2-3-9-25/h6-7,11-13,16,22H,2-5,8-10,14H2,1H3,(H,23,24,27)/t16-/m0/s1. The summed E-state index contributed by atoms with van der Waals surface area (Å²) in [6, 6.07) is 4.98. The summed E-state index contributed by atoms with van der Waals surface area (Å²) in [7, 11) is -3.81. The lowest BCUT2D eigenvalue weighted by atomic mass is 9.99. The maximum Gasteiger partial charge on any atom is 0.270 e. The Hall–Kier alpha value is -2.72. The number of amides is 2. The van der Waals surface area contributed by atoms with Crippen LogP contribution in [-0.4, -0.2) is 65.6 Å². The van der Waals surface area contributed by atoms with Gasteiger partial charge in [-0.1, -0.05) is 6.07 Å². The number of nitrogens with zero attached hydrogens (tertiary/aromatic N) is 3. The smallest absolute Gasteiger partial charge is 0.270 e. The van der Waals surface area contributed by atoms with E-state index in [4.69, 9.17) is 0 Å². The Balaban J connectivity index is 1.44. The maximum absolute atomic E-state index is 13.1. The highest BCUT2D eigenvalue weighted by molar-refractivity contribution is 7.89. The van der Waals surface area contributed by atoms with E-state index in [9.17, 15) is 18.0 Å². The molecule has 4 heterocycles. The summed E-state index contributed by atoms with van der Waals surface area (Å²) in [4.78, 5) is 34.0. The van der Waals surface area contributed by atoms with Gasteiger partial charge < -0.3 is 15.2 Å². The molecule has 2 N–H and O–H groups in total. The number of hydrogen-bond acceptors (Lipinski definition) is 5. The van der Waals surface area contributed by atoms with Crippen molar-refractivity contribution in [2.45, 2.75) is 37.5 Å². The number of carbonyl (C=O) groups is 2. The number of aromatic nitrogens is 2. The molecule has 0 aromatic carbocycles. The van der Waals surface area contributed by atoms with Crippen LogP contribution in [0.25, 0.3) is 0 Å². The lowest BCUT2D eigenvalue weighted by Crippen LogP contribution is -2.43. The number of sulfonamides is 1. The molecule has 2 aromatic rings. The maximum atomic E-state index is 13.1. The van der Waals surface area contributed by atoms with Crippen molar-refractivity contribution in [2.75, 3.05) is 31.5 Å². The van der Waals surface area contributed by atoms with Gasteiger partial charge in [-0.05, 0) is 50.3 Å². The van der Waals surface area contributed by atoms with E-state index in [0.29, 0.717) is 38.3 Å². The third-order valence-electron chi connectivity index (χ3n) is 5.84. The van der Waals surface area contributed by atoms with Crippen molar-refractivity contribution in [3.63, 3.8) is 0 Å². The Bertz CT molecular complexity index is 1060. The van der Waals surface area contributed by atoms with Crippen LogP contribution in [0.5, 0.6) is 0 Å². The number of aromatic amines is 1.